The van der Waals surface area contributed by atoms with Gasteiger partial charge in [0.2, 0.25) is 0 Å². The van der Waals surface area contributed by atoms with Gasteiger partial charge in [0.15, 0.2) is 0 Å². The standard InChI is InChI=1S/C17H27NO/c1-12(2)10-16-17(4,8-9-18-16)14-11-13(3)6-7-15(14)19-5/h6-7,11-12,16,18H,8-10H2,1-5H3. The summed E-state index contributed by atoms with van der Waals surface area (Å²) >= 11 is 0. The van der Waals surface area contributed by atoms with Crippen LogP contribution >= 0.6 is 0 Å². The Hall–Kier alpha value is -1.02. The lowest BCUT2D eigenvalue weighted by Crippen LogP contribution is -2.39. The van der Waals surface area contributed by atoms with E-state index in [1.54, 1.807) is 7.11 Å². The van der Waals surface area contributed by atoms with E-state index in [0.29, 0.717) is 12.0 Å². The van der Waals surface area contributed by atoms with Crippen molar-refractivity contribution in [2.75, 3.05) is 13.7 Å². The third-order valence-corrected chi connectivity index (χ3v) is 4.48. The highest BCUT2D eigenvalue weighted by atomic mass is 16.5. The minimum Gasteiger partial charge on any atom is -0.496 e. The SMILES string of the molecule is COc1ccc(C)cc1C1(C)CCNC1CC(C)C. The maximum absolute atomic E-state index is 5.60. The van der Waals surface area contributed by atoms with E-state index in [-0.39, 0.29) is 5.41 Å². The van der Waals surface area contributed by atoms with Crippen molar-refractivity contribution in [3.63, 3.8) is 0 Å². The van der Waals surface area contributed by atoms with Crippen molar-refractivity contribution in [2.45, 2.75) is 52.0 Å². The van der Waals surface area contributed by atoms with Crippen LogP contribution in [0.5, 0.6) is 5.75 Å². The Morgan fingerprint density at radius 2 is 2.16 bits per heavy atom. The monoisotopic (exact) mass is 261 g/mol. The van der Waals surface area contributed by atoms with Crippen LogP contribution in [0.3, 0.4) is 0 Å². The lowest BCUT2D eigenvalue weighted by Gasteiger charge is -2.34. The maximum Gasteiger partial charge on any atom is 0.122 e. The molecule has 2 nitrogen and oxygen atoms in total. The van der Waals surface area contributed by atoms with Gasteiger partial charge in [0.1, 0.15) is 5.75 Å². The molecule has 1 aromatic rings. The van der Waals surface area contributed by atoms with Crippen molar-refractivity contribution < 1.29 is 4.74 Å². The Morgan fingerprint density at radius 1 is 1.42 bits per heavy atom. The van der Waals surface area contributed by atoms with Gasteiger partial charge in [-0.05, 0) is 38.3 Å². The molecule has 0 aromatic heterocycles. The summed E-state index contributed by atoms with van der Waals surface area (Å²) in [5, 5.41) is 3.69. The number of rotatable bonds is 4. The molecule has 1 saturated heterocycles. The number of methoxy groups -OCH3 is 1. The molecule has 0 saturated carbocycles. The van der Waals surface area contributed by atoms with Crippen molar-refractivity contribution in [3.05, 3.63) is 29.3 Å². The van der Waals surface area contributed by atoms with E-state index in [4.69, 9.17) is 4.74 Å². The zero-order chi connectivity index (χ0) is 14.0. The summed E-state index contributed by atoms with van der Waals surface area (Å²) in [6.45, 7) is 10.2. The lowest BCUT2D eigenvalue weighted by atomic mass is 9.73. The number of aryl methyl sites for hydroxylation is 1. The minimum absolute atomic E-state index is 0.182. The van der Waals surface area contributed by atoms with Gasteiger partial charge in [-0.2, -0.15) is 0 Å². The first-order valence-corrected chi connectivity index (χ1v) is 7.36. The highest BCUT2D eigenvalue weighted by molar-refractivity contribution is 5.44. The molecule has 2 heteroatoms. The summed E-state index contributed by atoms with van der Waals surface area (Å²) in [4.78, 5) is 0. The molecule has 19 heavy (non-hydrogen) atoms. The van der Waals surface area contributed by atoms with Gasteiger partial charge in [-0.3, -0.25) is 0 Å². The Labute approximate surface area is 117 Å². The number of benzene rings is 1. The fourth-order valence-corrected chi connectivity index (χ4v) is 3.31. The molecule has 0 bridgehead atoms. The predicted molar refractivity (Wildman–Crippen MR) is 80.9 cm³/mol. The first kappa shape index (κ1) is 14.4. The molecule has 1 heterocycles. The largest absolute Gasteiger partial charge is 0.496 e. The second kappa shape index (κ2) is 5.54. The normalized spacial score (nSPS) is 26.9. The summed E-state index contributed by atoms with van der Waals surface area (Å²) in [5.74, 6) is 1.75. The van der Waals surface area contributed by atoms with E-state index >= 15 is 0 Å². The van der Waals surface area contributed by atoms with Crippen LogP contribution in [-0.2, 0) is 5.41 Å². The van der Waals surface area contributed by atoms with Crippen molar-refractivity contribution in [1.82, 2.24) is 5.32 Å². The van der Waals surface area contributed by atoms with Crippen LogP contribution in [0.4, 0.5) is 0 Å². The molecule has 2 unspecified atom stereocenters. The van der Waals surface area contributed by atoms with Gasteiger partial charge in [-0.25, -0.2) is 0 Å². The average molecular weight is 261 g/mol. The van der Waals surface area contributed by atoms with E-state index in [1.807, 2.05) is 0 Å². The van der Waals surface area contributed by atoms with Gasteiger partial charge in [0.05, 0.1) is 7.11 Å². The Morgan fingerprint density at radius 3 is 2.79 bits per heavy atom. The predicted octanol–water partition coefficient (Wildman–Crippen LogP) is 3.67. The molecular weight excluding hydrogens is 234 g/mol. The van der Waals surface area contributed by atoms with Gasteiger partial charge in [0, 0.05) is 17.0 Å². The summed E-state index contributed by atoms with van der Waals surface area (Å²) in [7, 11) is 1.78. The number of hydrogen-bond donors (Lipinski definition) is 1. The van der Waals surface area contributed by atoms with Crippen molar-refractivity contribution in [2.24, 2.45) is 5.92 Å². The summed E-state index contributed by atoms with van der Waals surface area (Å²) in [5.41, 5.74) is 2.86. The van der Waals surface area contributed by atoms with Crippen LogP contribution in [0.1, 0.15) is 44.7 Å². The zero-order valence-electron chi connectivity index (χ0n) is 12.9. The average Bonchev–Trinajstić information content (AvgIpc) is 2.71. The van der Waals surface area contributed by atoms with E-state index < -0.39 is 0 Å². The van der Waals surface area contributed by atoms with E-state index in [2.05, 4.69) is 51.2 Å². The van der Waals surface area contributed by atoms with Crippen LogP contribution in [0.15, 0.2) is 18.2 Å². The van der Waals surface area contributed by atoms with E-state index in [1.165, 1.54) is 24.0 Å². The highest BCUT2D eigenvalue weighted by Crippen LogP contribution is 2.42. The Bertz CT molecular complexity index is 441. The van der Waals surface area contributed by atoms with Gasteiger partial charge >= 0.3 is 0 Å². The third kappa shape index (κ3) is 2.79. The molecule has 1 N–H and O–H groups in total. The molecule has 2 atom stereocenters. The fraction of sp³-hybridized carbons (Fsp3) is 0.647. The molecule has 0 radical (unpaired) electrons. The molecule has 1 aromatic carbocycles. The number of nitrogens with one attached hydrogen (secondary N) is 1. The minimum atomic E-state index is 0.182. The molecule has 1 aliphatic rings. The number of ether oxygens (including phenoxy) is 1. The first-order chi connectivity index (χ1) is 8.97. The smallest absolute Gasteiger partial charge is 0.122 e. The van der Waals surface area contributed by atoms with E-state index in [0.717, 1.165) is 12.3 Å². The zero-order valence-corrected chi connectivity index (χ0v) is 12.9. The molecular formula is C17H27NO. The fourth-order valence-electron chi connectivity index (χ4n) is 3.31. The molecule has 106 valence electrons. The Balaban J connectivity index is 2.40. The van der Waals surface area contributed by atoms with E-state index in [9.17, 15) is 0 Å². The second-order valence-electron chi connectivity index (χ2n) is 6.51. The molecule has 0 amide bonds. The van der Waals surface area contributed by atoms with Crippen LogP contribution in [0.25, 0.3) is 0 Å². The summed E-state index contributed by atoms with van der Waals surface area (Å²) in [6, 6.07) is 7.09. The van der Waals surface area contributed by atoms with Crippen LogP contribution in [0.2, 0.25) is 0 Å². The van der Waals surface area contributed by atoms with Crippen LogP contribution in [-0.4, -0.2) is 19.7 Å². The maximum atomic E-state index is 5.60. The lowest BCUT2D eigenvalue weighted by molar-refractivity contribution is 0.326. The van der Waals surface area contributed by atoms with Crippen LogP contribution < -0.4 is 10.1 Å². The van der Waals surface area contributed by atoms with Crippen molar-refractivity contribution in [1.29, 1.82) is 0 Å². The molecule has 0 spiro atoms. The van der Waals surface area contributed by atoms with Crippen molar-refractivity contribution >= 4 is 0 Å². The molecule has 1 fully saturated rings. The van der Waals surface area contributed by atoms with Crippen molar-refractivity contribution in [3.8, 4) is 5.75 Å². The Kier molecular flexibility index (Phi) is 4.19. The van der Waals surface area contributed by atoms with Gasteiger partial charge in [-0.15, -0.1) is 0 Å². The third-order valence-electron chi connectivity index (χ3n) is 4.48. The van der Waals surface area contributed by atoms with Gasteiger partial charge < -0.3 is 10.1 Å². The summed E-state index contributed by atoms with van der Waals surface area (Å²) < 4.78 is 5.60. The number of hydrogen-bond acceptors (Lipinski definition) is 2. The highest BCUT2D eigenvalue weighted by Gasteiger charge is 2.41. The van der Waals surface area contributed by atoms with Gasteiger partial charge in [-0.1, -0.05) is 38.5 Å². The van der Waals surface area contributed by atoms with Crippen LogP contribution in [0, 0.1) is 12.8 Å². The van der Waals surface area contributed by atoms with Gasteiger partial charge in [0.25, 0.3) is 0 Å². The molecule has 2 rings (SSSR count). The molecule has 1 aliphatic heterocycles. The molecule has 0 aliphatic carbocycles. The summed E-state index contributed by atoms with van der Waals surface area (Å²) in [6.07, 6.45) is 2.40. The first-order valence-electron chi connectivity index (χ1n) is 7.36. The quantitative estimate of drug-likeness (QED) is 0.893. The second-order valence-corrected chi connectivity index (χ2v) is 6.51. The topological polar surface area (TPSA) is 21.3 Å².